The minimum absolute atomic E-state index is 0.0743. The van der Waals surface area contributed by atoms with Crippen molar-refractivity contribution in [2.24, 2.45) is 10.9 Å². The number of hydrogen-bond acceptors (Lipinski definition) is 6. The Labute approximate surface area is 115 Å². The molecule has 2 aromatic heterocycles. The largest absolute Gasteiger partial charge is 0.409 e. The van der Waals surface area contributed by atoms with Crippen molar-refractivity contribution in [1.82, 2.24) is 9.97 Å². The molecular weight excluding hydrogens is 262 g/mol. The summed E-state index contributed by atoms with van der Waals surface area (Å²) < 4.78 is 0. The summed E-state index contributed by atoms with van der Waals surface area (Å²) in [5.41, 5.74) is 9.98. The van der Waals surface area contributed by atoms with E-state index in [0.717, 1.165) is 11.4 Å². The van der Waals surface area contributed by atoms with Crippen molar-refractivity contribution in [3.63, 3.8) is 0 Å². The van der Waals surface area contributed by atoms with Gasteiger partial charge in [-0.15, -0.1) is 11.3 Å². The fourth-order valence-electron chi connectivity index (χ4n) is 1.74. The molecule has 19 heavy (non-hydrogen) atoms. The number of thiazole rings is 1. The molecule has 0 radical (unpaired) electrons. The van der Waals surface area contributed by atoms with E-state index in [1.165, 1.54) is 4.88 Å². The van der Waals surface area contributed by atoms with Crippen LogP contribution in [0.2, 0.25) is 0 Å². The molecule has 0 atom stereocenters. The minimum atomic E-state index is 0.0743. The molecule has 0 aliphatic heterocycles. The van der Waals surface area contributed by atoms with Gasteiger partial charge in [0.25, 0.3) is 0 Å². The van der Waals surface area contributed by atoms with E-state index < -0.39 is 0 Å². The molecule has 100 valence electrons. The van der Waals surface area contributed by atoms with Crippen LogP contribution in [0.25, 0.3) is 0 Å². The van der Waals surface area contributed by atoms with Crippen molar-refractivity contribution in [2.75, 3.05) is 11.9 Å². The van der Waals surface area contributed by atoms with E-state index in [2.05, 4.69) is 15.1 Å². The van der Waals surface area contributed by atoms with Crippen molar-refractivity contribution in [3.05, 3.63) is 40.1 Å². The maximum absolute atomic E-state index is 8.81. The van der Waals surface area contributed by atoms with E-state index in [-0.39, 0.29) is 5.84 Å². The lowest BCUT2D eigenvalue weighted by Crippen LogP contribution is -2.22. The highest BCUT2D eigenvalue weighted by atomic mass is 32.1. The van der Waals surface area contributed by atoms with Crippen LogP contribution in [0.15, 0.2) is 29.1 Å². The van der Waals surface area contributed by atoms with Crippen LogP contribution in [0, 0.1) is 6.92 Å². The van der Waals surface area contributed by atoms with Crippen LogP contribution in [-0.4, -0.2) is 28.1 Å². The second-order valence-corrected chi connectivity index (χ2v) is 5.03. The Morgan fingerprint density at radius 1 is 1.58 bits per heavy atom. The van der Waals surface area contributed by atoms with Gasteiger partial charge in [0, 0.05) is 23.7 Å². The molecule has 2 heterocycles. The zero-order valence-corrected chi connectivity index (χ0v) is 11.6. The van der Waals surface area contributed by atoms with Gasteiger partial charge in [0.1, 0.15) is 0 Å². The second-order valence-electron chi connectivity index (χ2n) is 4.10. The molecule has 0 spiro atoms. The van der Waals surface area contributed by atoms with E-state index in [4.69, 9.17) is 10.9 Å². The van der Waals surface area contributed by atoms with Crippen LogP contribution in [0.5, 0.6) is 0 Å². The summed E-state index contributed by atoms with van der Waals surface area (Å²) in [5.74, 6) is 0.0743. The van der Waals surface area contributed by atoms with E-state index in [1.807, 2.05) is 24.4 Å². The number of nitrogens with zero attached hydrogens (tertiary/aromatic N) is 4. The number of hydrogen-bond donors (Lipinski definition) is 2. The normalized spacial score (nSPS) is 11.6. The number of oxime groups is 1. The number of rotatable bonds is 4. The highest BCUT2D eigenvalue weighted by molar-refractivity contribution is 7.09. The molecule has 0 unspecified atom stereocenters. The average Bonchev–Trinajstić information content (AvgIpc) is 2.83. The van der Waals surface area contributed by atoms with Gasteiger partial charge in [-0.2, -0.15) is 0 Å². The molecule has 0 aliphatic carbocycles. The monoisotopic (exact) mass is 277 g/mol. The number of aryl methyl sites for hydroxylation is 1. The van der Waals surface area contributed by atoms with E-state index in [0.29, 0.717) is 12.1 Å². The second kappa shape index (κ2) is 5.66. The maximum Gasteiger partial charge on any atom is 0.172 e. The lowest BCUT2D eigenvalue weighted by Gasteiger charge is -2.21. The Kier molecular flexibility index (Phi) is 3.96. The van der Waals surface area contributed by atoms with Gasteiger partial charge in [0.2, 0.25) is 0 Å². The van der Waals surface area contributed by atoms with Crippen molar-refractivity contribution in [3.8, 4) is 0 Å². The lowest BCUT2D eigenvalue weighted by atomic mass is 10.2. The fourth-order valence-corrected chi connectivity index (χ4v) is 2.57. The fraction of sp³-hybridized carbons (Fsp3) is 0.250. The molecule has 0 aliphatic rings. The highest BCUT2D eigenvalue weighted by Gasteiger charge is 2.13. The van der Waals surface area contributed by atoms with Gasteiger partial charge < -0.3 is 15.8 Å². The predicted octanol–water partition coefficient (Wildman–Crippen LogP) is 1.58. The number of aromatic nitrogens is 2. The summed E-state index contributed by atoms with van der Waals surface area (Å²) in [6, 6.07) is 1.72. The SMILES string of the molecule is Cc1ncsc1CN(C)c1cnccc1/C(N)=N/O. The summed E-state index contributed by atoms with van der Waals surface area (Å²) in [5, 5.41) is 11.9. The zero-order valence-electron chi connectivity index (χ0n) is 10.7. The maximum atomic E-state index is 8.81. The molecule has 0 amide bonds. The quantitative estimate of drug-likeness (QED) is 0.383. The van der Waals surface area contributed by atoms with Crippen LogP contribution in [0.3, 0.4) is 0 Å². The molecule has 0 fully saturated rings. The number of nitrogens with two attached hydrogens (primary N) is 1. The first-order valence-corrected chi connectivity index (χ1v) is 6.53. The standard InChI is InChI=1S/C12H15N5OS/c1-8-11(19-7-15-8)6-17(2)10-5-14-4-3-9(10)12(13)16-18/h3-5,7,18H,6H2,1-2H3,(H2,13,16). The van der Waals surface area contributed by atoms with Gasteiger partial charge in [-0.25, -0.2) is 4.98 Å². The third-order valence-corrected chi connectivity index (χ3v) is 3.74. The van der Waals surface area contributed by atoms with Gasteiger partial charge in [-0.05, 0) is 13.0 Å². The Hall–Kier alpha value is -2.15. The van der Waals surface area contributed by atoms with Gasteiger partial charge in [0.05, 0.1) is 29.6 Å². The summed E-state index contributed by atoms with van der Waals surface area (Å²) in [7, 11) is 1.93. The number of anilines is 1. The van der Waals surface area contributed by atoms with Gasteiger partial charge in [-0.1, -0.05) is 5.16 Å². The summed E-state index contributed by atoms with van der Waals surface area (Å²) in [4.78, 5) is 11.5. The highest BCUT2D eigenvalue weighted by Crippen LogP contribution is 2.22. The minimum Gasteiger partial charge on any atom is -0.409 e. The molecule has 3 N–H and O–H groups in total. The van der Waals surface area contributed by atoms with E-state index in [9.17, 15) is 0 Å². The first-order valence-electron chi connectivity index (χ1n) is 5.65. The molecule has 0 aromatic carbocycles. The van der Waals surface area contributed by atoms with Crippen molar-refractivity contribution in [1.29, 1.82) is 0 Å². The van der Waals surface area contributed by atoms with Crippen LogP contribution >= 0.6 is 11.3 Å². The van der Waals surface area contributed by atoms with Crippen LogP contribution < -0.4 is 10.6 Å². The molecular formula is C12H15N5OS. The number of amidine groups is 1. The Morgan fingerprint density at radius 2 is 2.37 bits per heavy atom. The summed E-state index contributed by atoms with van der Waals surface area (Å²) in [6.07, 6.45) is 3.31. The zero-order chi connectivity index (χ0) is 13.8. The van der Waals surface area contributed by atoms with Crippen LogP contribution in [-0.2, 0) is 6.54 Å². The molecule has 7 heteroatoms. The van der Waals surface area contributed by atoms with Crippen LogP contribution in [0.1, 0.15) is 16.1 Å². The molecule has 2 aromatic rings. The van der Waals surface area contributed by atoms with Gasteiger partial charge in [-0.3, -0.25) is 4.98 Å². The molecule has 0 saturated heterocycles. The summed E-state index contributed by atoms with van der Waals surface area (Å²) >= 11 is 1.61. The third kappa shape index (κ3) is 2.82. The average molecular weight is 277 g/mol. The molecule has 0 bridgehead atoms. The first kappa shape index (κ1) is 13.3. The third-order valence-electron chi connectivity index (χ3n) is 2.82. The summed E-state index contributed by atoms with van der Waals surface area (Å²) in [6.45, 7) is 2.68. The van der Waals surface area contributed by atoms with Crippen LogP contribution in [0.4, 0.5) is 5.69 Å². The topological polar surface area (TPSA) is 87.6 Å². The molecule has 2 rings (SSSR count). The predicted molar refractivity (Wildman–Crippen MR) is 75.7 cm³/mol. The van der Waals surface area contributed by atoms with Gasteiger partial charge >= 0.3 is 0 Å². The Balaban J connectivity index is 2.29. The lowest BCUT2D eigenvalue weighted by molar-refractivity contribution is 0.318. The van der Waals surface area contributed by atoms with Gasteiger partial charge in [0.15, 0.2) is 5.84 Å². The van der Waals surface area contributed by atoms with E-state index >= 15 is 0 Å². The Bertz CT molecular complexity index is 595. The van der Waals surface area contributed by atoms with Crippen molar-refractivity contribution in [2.45, 2.75) is 13.5 Å². The van der Waals surface area contributed by atoms with Crippen molar-refractivity contribution >= 4 is 22.9 Å². The molecule has 6 nitrogen and oxygen atoms in total. The smallest absolute Gasteiger partial charge is 0.172 e. The van der Waals surface area contributed by atoms with E-state index in [1.54, 1.807) is 29.8 Å². The Morgan fingerprint density at radius 3 is 3.00 bits per heavy atom. The first-order chi connectivity index (χ1) is 9.13. The molecule has 0 saturated carbocycles. The number of pyridine rings is 1. The van der Waals surface area contributed by atoms with Crippen molar-refractivity contribution < 1.29 is 5.21 Å².